The number of aliphatic hydroxyl groups is 1. The van der Waals surface area contributed by atoms with Gasteiger partial charge in [-0.15, -0.1) is 0 Å². The van der Waals surface area contributed by atoms with Gasteiger partial charge in [-0.1, -0.05) is 29.8 Å². The van der Waals surface area contributed by atoms with Gasteiger partial charge in [-0.25, -0.2) is 0 Å². The second kappa shape index (κ2) is 4.70. The maximum Gasteiger partial charge on any atom is 0.240 e. The molecule has 2 fully saturated rings. The first-order valence-electron chi connectivity index (χ1n) is 7.33. The highest BCUT2D eigenvalue weighted by Gasteiger charge is 2.60. The van der Waals surface area contributed by atoms with Crippen molar-refractivity contribution >= 4 is 17.5 Å². The van der Waals surface area contributed by atoms with Crippen LogP contribution in [0.15, 0.2) is 24.3 Å². The number of halogens is 1. The summed E-state index contributed by atoms with van der Waals surface area (Å²) in [5.74, 6) is -0.0838. The summed E-state index contributed by atoms with van der Waals surface area (Å²) in [6.45, 7) is 3.49. The Balaban J connectivity index is 2.13. The number of fused-ring (bicyclic) bond motifs is 1. The number of hydrogen-bond donors (Lipinski definition) is 2. The second-order valence-corrected chi connectivity index (χ2v) is 7.15. The molecule has 0 aromatic heterocycles. The highest BCUT2D eigenvalue weighted by Crippen LogP contribution is 2.53. The molecule has 1 aromatic carbocycles. The minimum absolute atomic E-state index is 0.0838. The molecule has 0 spiro atoms. The van der Waals surface area contributed by atoms with E-state index in [0.717, 1.165) is 18.4 Å². The summed E-state index contributed by atoms with van der Waals surface area (Å²) in [6.07, 6.45) is 2.10. The van der Waals surface area contributed by atoms with Crippen LogP contribution in [0.5, 0.6) is 0 Å². The molecule has 0 radical (unpaired) electrons. The van der Waals surface area contributed by atoms with Crippen LogP contribution >= 0.6 is 11.6 Å². The molecular weight excluding hydrogens is 288 g/mol. The smallest absolute Gasteiger partial charge is 0.240 e. The van der Waals surface area contributed by atoms with Crippen molar-refractivity contribution in [2.24, 2.45) is 5.73 Å². The number of amides is 1. The summed E-state index contributed by atoms with van der Waals surface area (Å²) in [5.41, 5.74) is 5.55. The predicted octanol–water partition coefficient (Wildman–Crippen LogP) is 2.03. The number of rotatable bonds is 2. The zero-order valence-corrected chi connectivity index (χ0v) is 13.1. The maximum atomic E-state index is 12.6. The van der Waals surface area contributed by atoms with Crippen LogP contribution in [0.3, 0.4) is 0 Å². The van der Waals surface area contributed by atoms with Gasteiger partial charge in [-0.05, 0) is 44.7 Å². The minimum Gasteiger partial charge on any atom is -0.388 e. The van der Waals surface area contributed by atoms with Gasteiger partial charge in [-0.2, -0.15) is 0 Å². The Kier molecular flexibility index (Phi) is 3.32. The number of hydrogen-bond acceptors (Lipinski definition) is 3. The van der Waals surface area contributed by atoms with Crippen molar-refractivity contribution in [2.45, 2.75) is 56.3 Å². The van der Waals surface area contributed by atoms with Crippen molar-refractivity contribution in [1.29, 1.82) is 0 Å². The van der Waals surface area contributed by atoms with E-state index >= 15 is 0 Å². The predicted molar refractivity (Wildman–Crippen MR) is 81.9 cm³/mol. The third-order valence-corrected chi connectivity index (χ3v) is 5.24. The lowest BCUT2D eigenvalue weighted by atomic mass is 9.85. The van der Waals surface area contributed by atoms with Gasteiger partial charge in [0.15, 0.2) is 0 Å². The van der Waals surface area contributed by atoms with Crippen molar-refractivity contribution < 1.29 is 9.90 Å². The van der Waals surface area contributed by atoms with Gasteiger partial charge in [0, 0.05) is 5.02 Å². The molecule has 3 N–H and O–H groups in total. The van der Waals surface area contributed by atoms with E-state index in [1.54, 1.807) is 18.7 Å². The van der Waals surface area contributed by atoms with Crippen LogP contribution in [-0.2, 0) is 10.3 Å². The largest absolute Gasteiger partial charge is 0.388 e. The topological polar surface area (TPSA) is 66.6 Å². The van der Waals surface area contributed by atoms with Crippen molar-refractivity contribution in [1.82, 2.24) is 4.90 Å². The standard InChI is InChI=1S/C16H21ClN2O2/c1-15(2,21)13-7-8-16(9-12(18)14(20)19(13)16)10-5-3-4-6-11(10)17/h3-6,12-13,21H,7-9,18H2,1-2H3/t12-,13+,16+/m0/s1. The third-order valence-electron chi connectivity index (χ3n) is 4.91. The van der Waals surface area contributed by atoms with Crippen LogP contribution in [0.1, 0.15) is 38.7 Å². The Morgan fingerprint density at radius 3 is 2.71 bits per heavy atom. The molecule has 2 aliphatic rings. The summed E-state index contributed by atoms with van der Waals surface area (Å²) in [6, 6.07) is 6.87. The molecule has 1 amide bonds. The van der Waals surface area contributed by atoms with Crippen LogP contribution in [0, 0.1) is 0 Å². The molecule has 3 rings (SSSR count). The Morgan fingerprint density at radius 2 is 2.10 bits per heavy atom. The fourth-order valence-corrected chi connectivity index (χ4v) is 4.31. The number of benzene rings is 1. The molecule has 1 aromatic rings. The summed E-state index contributed by atoms with van der Waals surface area (Å²) in [7, 11) is 0. The van der Waals surface area contributed by atoms with E-state index in [4.69, 9.17) is 17.3 Å². The molecule has 0 bridgehead atoms. The highest BCUT2D eigenvalue weighted by atomic mass is 35.5. The summed E-state index contributed by atoms with van der Waals surface area (Å²) < 4.78 is 0. The Hall–Kier alpha value is -1.10. The van der Waals surface area contributed by atoms with Crippen molar-refractivity contribution in [2.75, 3.05) is 0 Å². The van der Waals surface area contributed by atoms with E-state index in [1.165, 1.54) is 0 Å². The van der Waals surface area contributed by atoms with Gasteiger partial charge in [0.1, 0.15) is 0 Å². The molecule has 114 valence electrons. The zero-order chi connectivity index (χ0) is 15.4. The molecular formula is C16H21ClN2O2. The van der Waals surface area contributed by atoms with E-state index < -0.39 is 17.2 Å². The number of carbonyl (C=O) groups is 1. The first kappa shape index (κ1) is 14.8. The lowest BCUT2D eigenvalue weighted by molar-refractivity contribution is -0.138. The first-order valence-corrected chi connectivity index (χ1v) is 7.71. The van der Waals surface area contributed by atoms with Crippen LogP contribution in [0.25, 0.3) is 0 Å². The van der Waals surface area contributed by atoms with E-state index in [9.17, 15) is 9.90 Å². The molecule has 2 heterocycles. The van der Waals surface area contributed by atoms with Crippen LogP contribution < -0.4 is 5.73 Å². The molecule has 3 atom stereocenters. The average Bonchev–Trinajstić information content (AvgIpc) is 2.88. The molecule has 21 heavy (non-hydrogen) atoms. The molecule has 0 saturated carbocycles. The maximum absolute atomic E-state index is 12.6. The summed E-state index contributed by atoms with van der Waals surface area (Å²) >= 11 is 6.38. The molecule has 2 aliphatic heterocycles. The number of nitrogens with two attached hydrogens (primary N) is 1. The highest BCUT2D eigenvalue weighted by molar-refractivity contribution is 6.31. The molecule has 2 saturated heterocycles. The molecule has 4 nitrogen and oxygen atoms in total. The van der Waals surface area contributed by atoms with Gasteiger partial charge < -0.3 is 15.7 Å². The SMILES string of the molecule is CC(C)(O)[C@H]1CC[C@]2(c3ccccc3Cl)C[C@H](N)C(=O)N12. The third kappa shape index (κ3) is 2.08. The Morgan fingerprint density at radius 1 is 1.43 bits per heavy atom. The monoisotopic (exact) mass is 308 g/mol. The lowest BCUT2D eigenvalue weighted by Gasteiger charge is -2.40. The van der Waals surface area contributed by atoms with Crippen LogP contribution in [-0.4, -0.2) is 33.6 Å². The van der Waals surface area contributed by atoms with Gasteiger partial charge in [0.05, 0.1) is 23.2 Å². The second-order valence-electron chi connectivity index (χ2n) is 6.74. The van der Waals surface area contributed by atoms with E-state index in [2.05, 4.69) is 0 Å². The Bertz CT molecular complexity index is 584. The van der Waals surface area contributed by atoms with E-state index in [0.29, 0.717) is 11.4 Å². The molecule has 0 aliphatic carbocycles. The van der Waals surface area contributed by atoms with Gasteiger partial charge in [0.25, 0.3) is 0 Å². The average molecular weight is 309 g/mol. The fourth-order valence-electron chi connectivity index (χ4n) is 4.00. The van der Waals surface area contributed by atoms with Gasteiger partial charge >= 0.3 is 0 Å². The number of nitrogens with zero attached hydrogens (tertiary/aromatic N) is 1. The minimum atomic E-state index is -0.956. The first-order chi connectivity index (χ1) is 9.77. The molecule has 0 unspecified atom stereocenters. The van der Waals surface area contributed by atoms with Crippen molar-refractivity contribution in [3.63, 3.8) is 0 Å². The quantitative estimate of drug-likeness (QED) is 0.878. The van der Waals surface area contributed by atoms with Gasteiger partial charge in [0.2, 0.25) is 5.91 Å². The van der Waals surface area contributed by atoms with E-state index in [-0.39, 0.29) is 11.9 Å². The summed E-state index contributed by atoms with van der Waals surface area (Å²) in [4.78, 5) is 14.4. The zero-order valence-electron chi connectivity index (χ0n) is 12.3. The van der Waals surface area contributed by atoms with E-state index in [1.807, 2.05) is 24.3 Å². The van der Waals surface area contributed by atoms with Crippen molar-refractivity contribution in [3.8, 4) is 0 Å². The normalized spacial score (nSPS) is 32.6. The number of carbonyl (C=O) groups excluding carboxylic acids is 1. The molecule has 5 heteroatoms. The Labute approximate surface area is 129 Å². The van der Waals surface area contributed by atoms with Crippen LogP contribution in [0.2, 0.25) is 5.02 Å². The van der Waals surface area contributed by atoms with Crippen LogP contribution in [0.4, 0.5) is 0 Å². The lowest BCUT2D eigenvalue weighted by Crippen LogP contribution is -2.52. The summed E-state index contributed by atoms with van der Waals surface area (Å²) in [5, 5.41) is 11.1. The van der Waals surface area contributed by atoms with Crippen molar-refractivity contribution in [3.05, 3.63) is 34.9 Å². The fraction of sp³-hybridized carbons (Fsp3) is 0.562. The van der Waals surface area contributed by atoms with Gasteiger partial charge in [-0.3, -0.25) is 4.79 Å².